The van der Waals surface area contributed by atoms with Crippen molar-refractivity contribution in [2.75, 3.05) is 18.6 Å². The van der Waals surface area contributed by atoms with E-state index in [1.54, 1.807) is 52.0 Å². The molecule has 0 radical (unpaired) electrons. The fourth-order valence-electron chi connectivity index (χ4n) is 5.53. The van der Waals surface area contributed by atoms with E-state index in [1.807, 2.05) is 30.3 Å². The van der Waals surface area contributed by atoms with E-state index in [-0.39, 0.29) is 36.5 Å². The number of carbonyl (C=O) groups is 4. The van der Waals surface area contributed by atoms with Crippen LogP contribution in [0.25, 0.3) is 11.0 Å². The van der Waals surface area contributed by atoms with Gasteiger partial charge in [-0.05, 0) is 89.1 Å². The van der Waals surface area contributed by atoms with Gasteiger partial charge in [0.15, 0.2) is 0 Å². The highest BCUT2D eigenvalue weighted by Gasteiger charge is 2.34. The summed E-state index contributed by atoms with van der Waals surface area (Å²) < 4.78 is 29.7. The minimum absolute atomic E-state index is 0.0673. The highest BCUT2D eigenvalue weighted by Crippen LogP contribution is 2.32. The summed E-state index contributed by atoms with van der Waals surface area (Å²) in [5, 5.41) is 9.09. The molecule has 0 aliphatic heterocycles. The van der Waals surface area contributed by atoms with E-state index in [2.05, 4.69) is 16.0 Å². The van der Waals surface area contributed by atoms with Gasteiger partial charge in [0.25, 0.3) is 0 Å². The van der Waals surface area contributed by atoms with Crippen molar-refractivity contribution < 1.29 is 37.5 Å². The number of furan rings is 1. The molecule has 45 heavy (non-hydrogen) atoms. The van der Waals surface area contributed by atoms with Gasteiger partial charge < -0.3 is 29.8 Å². The quantitative estimate of drug-likeness (QED) is 0.225. The molecule has 4 rings (SSSR count). The number of nitrogens with one attached hydrogen (secondary N) is 3. The van der Waals surface area contributed by atoms with Crippen molar-refractivity contribution in [1.29, 1.82) is 0 Å². The standard InChI is InChI=1S/C34H42FN3O7/c1-5-43-32(41)29-19-24-18-25(15-16-28(24)44-29)36-31(40)26(17-21-9-7-6-8-10-21)37-30(39)23-13-11-22(12-14-23)27(20-35)38-33(42)45-34(2,3)4/h6-10,15-16,18-19,22-23,26-27H,5,11-14,17,20H2,1-4H3,(H,36,40)(H,37,39)(H,38,42)/t22?,23?,26-,27+/m0/s1. The van der Waals surface area contributed by atoms with Gasteiger partial charge in [-0.15, -0.1) is 0 Å². The number of rotatable bonds is 11. The van der Waals surface area contributed by atoms with Crippen LogP contribution < -0.4 is 16.0 Å². The second kappa shape index (κ2) is 15.0. The minimum Gasteiger partial charge on any atom is -0.460 e. The third kappa shape index (κ3) is 9.54. The number of hydrogen-bond acceptors (Lipinski definition) is 7. The van der Waals surface area contributed by atoms with Crippen LogP contribution in [0.3, 0.4) is 0 Å². The second-order valence-electron chi connectivity index (χ2n) is 12.3. The molecule has 242 valence electrons. The molecular weight excluding hydrogens is 581 g/mol. The van der Waals surface area contributed by atoms with Gasteiger partial charge in [-0.25, -0.2) is 14.0 Å². The Balaban J connectivity index is 1.40. The van der Waals surface area contributed by atoms with Crippen LogP contribution in [0.4, 0.5) is 14.9 Å². The van der Waals surface area contributed by atoms with Crippen LogP contribution in [0.5, 0.6) is 0 Å². The van der Waals surface area contributed by atoms with Gasteiger partial charge in [-0.3, -0.25) is 9.59 Å². The lowest BCUT2D eigenvalue weighted by molar-refractivity contribution is -0.130. The number of alkyl halides is 1. The first kappa shape index (κ1) is 33.5. The molecule has 3 aromatic rings. The maximum absolute atomic E-state index is 13.9. The number of halogens is 1. The Hall–Kier alpha value is -4.41. The van der Waals surface area contributed by atoms with Crippen molar-refractivity contribution in [2.45, 2.75) is 77.5 Å². The maximum atomic E-state index is 13.9. The van der Waals surface area contributed by atoms with Gasteiger partial charge in [0.1, 0.15) is 23.9 Å². The van der Waals surface area contributed by atoms with Gasteiger partial charge in [0, 0.05) is 23.4 Å². The number of esters is 1. The molecule has 3 amide bonds. The summed E-state index contributed by atoms with van der Waals surface area (Å²) in [6.45, 7) is 6.43. The predicted molar refractivity (Wildman–Crippen MR) is 167 cm³/mol. The molecule has 0 spiro atoms. The van der Waals surface area contributed by atoms with E-state index in [1.165, 1.54) is 0 Å². The average molecular weight is 624 g/mol. The summed E-state index contributed by atoms with van der Waals surface area (Å²) in [7, 11) is 0. The van der Waals surface area contributed by atoms with Crippen molar-refractivity contribution in [3.63, 3.8) is 0 Å². The zero-order chi connectivity index (χ0) is 32.6. The Bertz CT molecular complexity index is 1480. The summed E-state index contributed by atoms with van der Waals surface area (Å²) >= 11 is 0. The average Bonchev–Trinajstić information content (AvgIpc) is 3.43. The number of hydrogen-bond donors (Lipinski definition) is 3. The fraction of sp³-hybridized carbons (Fsp3) is 0.471. The molecule has 1 aliphatic rings. The number of ether oxygens (including phenoxy) is 2. The molecule has 2 aromatic carbocycles. The smallest absolute Gasteiger partial charge is 0.407 e. The zero-order valence-electron chi connectivity index (χ0n) is 26.2. The van der Waals surface area contributed by atoms with Crippen molar-refractivity contribution >= 4 is 40.5 Å². The second-order valence-corrected chi connectivity index (χ2v) is 12.3. The number of fused-ring (bicyclic) bond motifs is 1. The maximum Gasteiger partial charge on any atom is 0.407 e. The lowest BCUT2D eigenvalue weighted by atomic mass is 9.78. The van der Waals surface area contributed by atoms with E-state index in [9.17, 15) is 23.6 Å². The highest BCUT2D eigenvalue weighted by atomic mass is 19.1. The number of anilines is 1. The Morgan fingerprint density at radius 1 is 0.978 bits per heavy atom. The summed E-state index contributed by atoms with van der Waals surface area (Å²) in [5.74, 6) is -1.62. The Labute approximate surface area is 262 Å². The molecule has 1 heterocycles. The first-order valence-electron chi connectivity index (χ1n) is 15.4. The molecule has 3 N–H and O–H groups in total. The molecule has 0 unspecified atom stereocenters. The van der Waals surface area contributed by atoms with Crippen LogP contribution in [-0.4, -0.2) is 54.8 Å². The van der Waals surface area contributed by atoms with E-state index in [4.69, 9.17) is 13.9 Å². The van der Waals surface area contributed by atoms with E-state index in [0.29, 0.717) is 42.3 Å². The first-order valence-corrected chi connectivity index (χ1v) is 15.4. The van der Waals surface area contributed by atoms with Crippen molar-refractivity contribution in [2.24, 2.45) is 11.8 Å². The zero-order valence-corrected chi connectivity index (χ0v) is 26.2. The summed E-state index contributed by atoms with van der Waals surface area (Å²) in [4.78, 5) is 51.2. The van der Waals surface area contributed by atoms with E-state index < -0.39 is 42.3 Å². The number of amides is 3. The fourth-order valence-corrected chi connectivity index (χ4v) is 5.53. The first-order chi connectivity index (χ1) is 21.5. The number of benzene rings is 2. The SMILES string of the molecule is CCOC(=O)c1cc2cc(NC(=O)[C@H](Cc3ccccc3)NC(=O)C3CCC([C@@H](CF)NC(=O)OC(C)(C)C)CC3)ccc2o1. The van der Waals surface area contributed by atoms with Crippen LogP contribution >= 0.6 is 0 Å². The molecule has 1 aromatic heterocycles. The Morgan fingerprint density at radius 3 is 2.33 bits per heavy atom. The van der Waals surface area contributed by atoms with Gasteiger partial charge in [-0.1, -0.05) is 30.3 Å². The Morgan fingerprint density at radius 2 is 1.69 bits per heavy atom. The lowest BCUT2D eigenvalue weighted by Gasteiger charge is -2.33. The van der Waals surface area contributed by atoms with Crippen LogP contribution in [0.15, 0.2) is 59.0 Å². The van der Waals surface area contributed by atoms with Gasteiger partial charge in [-0.2, -0.15) is 0 Å². The van der Waals surface area contributed by atoms with Crippen molar-refractivity contribution in [3.05, 3.63) is 65.9 Å². The molecule has 1 fully saturated rings. The van der Waals surface area contributed by atoms with Crippen LogP contribution in [0, 0.1) is 11.8 Å². The van der Waals surface area contributed by atoms with E-state index in [0.717, 1.165) is 5.56 Å². The minimum atomic E-state index is -0.861. The molecule has 10 nitrogen and oxygen atoms in total. The molecule has 0 bridgehead atoms. The van der Waals surface area contributed by atoms with Crippen LogP contribution in [-0.2, 0) is 25.5 Å². The van der Waals surface area contributed by atoms with Crippen LogP contribution in [0.1, 0.15) is 69.5 Å². The summed E-state index contributed by atoms with van der Waals surface area (Å²) in [6, 6.07) is 14.4. The largest absolute Gasteiger partial charge is 0.460 e. The van der Waals surface area contributed by atoms with Crippen LogP contribution in [0.2, 0.25) is 0 Å². The molecular formula is C34H42FN3O7. The van der Waals surface area contributed by atoms with Gasteiger partial charge in [0.05, 0.1) is 12.6 Å². The summed E-state index contributed by atoms with van der Waals surface area (Å²) in [5.41, 5.74) is 1.14. The van der Waals surface area contributed by atoms with Crippen molar-refractivity contribution in [1.82, 2.24) is 10.6 Å². The third-order valence-corrected chi connectivity index (χ3v) is 7.76. The lowest BCUT2D eigenvalue weighted by Crippen LogP contribution is -2.49. The number of carbonyl (C=O) groups excluding carboxylic acids is 4. The monoisotopic (exact) mass is 623 g/mol. The van der Waals surface area contributed by atoms with Crippen molar-refractivity contribution in [3.8, 4) is 0 Å². The normalized spacial score (nSPS) is 18.0. The molecule has 11 heteroatoms. The highest BCUT2D eigenvalue weighted by molar-refractivity contribution is 6.00. The van der Waals surface area contributed by atoms with Gasteiger partial charge >= 0.3 is 12.1 Å². The Kier molecular flexibility index (Phi) is 11.2. The predicted octanol–water partition coefficient (Wildman–Crippen LogP) is 5.94. The van der Waals surface area contributed by atoms with E-state index >= 15 is 0 Å². The third-order valence-electron chi connectivity index (χ3n) is 7.76. The van der Waals surface area contributed by atoms with Gasteiger partial charge in [0.2, 0.25) is 17.6 Å². The molecule has 1 aliphatic carbocycles. The number of alkyl carbamates (subject to hydrolysis) is 1. The summed E-state index contributed by atoms with van der Waals surface area (Å²) in [6.07, 6.45) is 1.72. The molecule has 1 saturated carbocycles. The topological polar surface area (TPSA) is 136 Å². The molecule has 0 saturated heterocycles. The molecule has 2 atom stereocenters.